The molecule has 2 atom stereocenters. The highest BCUT2D eigenvalue weighted by atomic mass is 15.1. The molecule has 0 bridgehead atoms. The zero-order valence-electron chi connectivity index (χ0n) is 10.1. The second-order valence-corrected chi connectivity index (χ2v) is 5.58. The largest absolute Gasteiger partial charge is 0.330 e. The molecule has 0 radical (unpaired) electrons. The lowest BCUT2D eigenvalue weighted by molar-refractivity contribution is 0.104. The van der Waals surface area contributed by atoms with Gasteiger partial charge in [0.15, 0.2) is 0 Å². The molecule has 0 amide bonds. The minimum atomic E-state index is 0.840. The fourth-order valence-corrected chi connectivity index (χ4v) is 3.61. The van der Waals surface area contributed by atoms with E-state index >= 15 is 0 Å². The molecule has 1 saturated heterocycles. The van der Waals surface area contributed by atoms with Gasteiger partial charge in [0.05, 0.1) is 0 Å². The standard InChI is InChI=1S/C13H26N2/c1-15-8-6-11(7-9-15)13-5-3-2-4-12(13)10-14/h11-13H,2-10,14H2,1H3. The van der Waals surface area contributed by atoms with Crippen LogP contribution in [0.4, 0.5) is 0 Å². The second kappa shape index (κ2) is 5.31. The van der Waals surface area contributed by atoms with Gasteiger partial charge >= 0.3 is 0 Å². The van der Waals surface area contributed by atoms with E-state index in [0.29, 0.717) is 0 Å². The lowest BCUT2D eigenvalue weighted by Crippen LogP contribution is -2.38. The van der Waals surface area contributed by atoms with Gasteiger partial charge in [-0.2, -0.15) is 0 Å². The van der Waals surface area contributed by atoms with Crippen LogP contribution in [0.3, 0.4) is 0 Å². The average Bonchev–Trinajstić information content (AvgIpc) is 2.30. The van der Waals surface area contributed by atoms with Crippen molar-refractivity contribution < 1.29 is 0 Å². The van der Waals surface area contributed by atoms with Gasteiger partial charge in [-0.25, -0.2) is 0 Å². The van der Waals surface area contributed by atoms with E-state index in [1.54, 1.807) is 0 Å². The Hall–Kier alpha value is -0.0800. The zero-order chi connectivity index (χ0) is 10.7. The molecule has 1 aliphatic heterocycles. The molecule has 1 aliphatic carbocycles. The van der Waals surface area contributed by atoms with Crippen molar-refractivity contribution in [2.75, 3.05) is 26.7 Å². The van der Waals surface area contributed by atoms with Crippen LogP contribution in [0.2, 0.25) is 0 Å². The molecule has 2 aliphatic rings. The highest BCUT2D eigenvalue weighted by Crippen LogP contribution is 2.38. The first-order valence-corrected chi connectivity index (χ1v) is 6.70. The van der Waals surface area contributed by atoms with E-state index in [2.05, 4.69) is 11.9 Å². The van der Waals surface area contributed by atoms with Crippen molar-refractivity contribution >= 4 is 0 Å². The molecule has 0 aromatic heterocycles. The number of hydrogen-bond donors (Lipinski definition) is 1. The Morgan fingerprint density at radius 3 is 2.40 bits per heavy atom. The van der Waals surface area contributed by atoms with Crippen LogP contribution >= 0.6 is 0 Å². The molecule has 2 N–H and O–H groups in total. The number of hydrogen-bond acceptors (Lipinski definition) is 2. The van der Waals surface area contributed by atoms with Gasteiger partial charge in [-0.05, 0) is 70.1 Å². The zero-order valence-corrected chi connectivity index (χ0v) is 10.1. The Labute approximate surface area is 94.2 Å². The van der Waals surface area contributed by atoms with Gasteiger partial charge in [0.2, 0.25) is 0 Å². The summed E-state index contributed by atoms with van der Waals surface area (Å²) in [6, 6.07) is 0. The minimum absolute atomic E-state index is 0.840. The van der Waals surface area contributed by atoms with Gasteiger partial charge in [-0.15, -0.1) is 0 Å². The van der Waals surface area contributed by atoms with Crippen LogP contribution < -0.4 is 5.73 Å². The first kappa shape index (κ1) is 11.4. The molecule has 2 rings (SSSR count). The van der Waals surface area contributed by atoms with Crippen LogP contribution in [0.15, 0.2) is 0 Å². The third-order valence-corrected chi connectivity index (χ3v) is 4.64. The van der Waals surface area contributed by atoms with E-state index in [-0.39, 0.29) is 0 Å². The number of rotatable bonds is 2. The average molecular weight is 210 g/mol. The molecule has 2 heteroatoms. The molecule has 1 heterocycles. The van der Waals surface area contributed by atoms with E-state index in [1.165, 1.54) is 51.6 Å². The minimum Gasteiger partial charge on any atom is -0.330 e. The van der Waals surface area contributed by atoms with Crippen LogP contribution in [0.5, 0.6) is 0 Å². The van der Waals surface area contributed by atoms with Crippen LogP contribution in [0.25, 0.3) is 0 Å². The highest BCUT2D eigenvalue weighted by Gasteiger charge is 2.32. The van der Waals surface area contributed by atoms with E-state index in [9.17, 15) is 0 Å². The van der Waals surface area contributed by atoms with Gasteiger partial charge in [0, 0.05) is 0 Å². The Morgan fingerprint density at radius 1 is 1.07 bits per heavy atom. The summed E-state index contributed by atoms with van der Waals surface area (Å²) in [7, 11) is 2.25. The molecule has 2 fully saturated rings. The third kappa shape index (κ3) is 2.73. The predicted molar refractivity (Wildman–Crippen MR) is 64.7 cm³/mol. The highest BCUT2D eigenvalue weighted by molar-refractivity contribution is 4.84. The van der Waals surface area contributed by atoms with Gasteiger partial charge in [-0.1, -0.05) is 12.8 Å². The summed E-state index contributed by atoms with van der Waals surface area (Å²) < 4.78 is 0. The van der Waals surface area contributed by atoms with Crippen LogP contribution in [-0.4, -0.2) is 31.6 Å². The van der Waals surface area contributed by atoms with Gasteiger partial charge in [-0.3, -0.25) is 0 Å². The molecular formula is C13H26N2. The van der Waals surface area contributed by atoms with Crippen molar-refractivity contribution in [3.05, 3.63) is 0 Å². The van der Waals surface area contributed by atoms with Gasteiger partial charge in [0.1, 0.15) is 0 Å². The lowest BCUT2D eigenvalue weighted by atomic mass is 9.69. The number of piperidine rings is 1. The Kier molecular flexibility index (Phi) is 4.04. The smallest absolute Gasteiger partial charge is 0.00190 e. The van der Waals surface area contributed by atoms with Crippen molar-refractivity contribution in [3.8, 4) is 0 Å². The molecule has 2 unspecified atom stereocenters. The third-order valence-electron chi connectivity index (χ3n) is 4.64. The van der Waals surface area contributed by atoms with Crippen molar-refractivity contribution in [1.29, 1.82) is 0 Å². The van der Waals surface area contributed by atoms with E-state index in [1.807, 2.05) is 0 Å². The molecule has 1 saturated carbocycles. The lowest BCUT2D eigenvalue weighted by Gasteiger charge is -2.40. The molecule has 0 aromatic rings. The molecular weight excluding hydrogens is 184 g/mol. The Morgan fingerprint density at radius 2 is 1.73 bits per heavy atom. The topological polar surface area (TPSA) is 29.3 Å². The number of nitrogens with zero attached hydrogens (tertiary/aromatic N) is 1. The van der Waals surface area contributed by atoms with Crippen molar-refractivity contribution in [2.24, 2.45) is 23.5 Å². The maximum Gasteiger partial charge on any atom is -0.00190 e. The summed E-state index contributed by atoms with van der Waals surface area (Å²) in [6.07, 6.45) is 8.55. The maximum absolute atomic E-state index is 5.92. The molecule has 15 heavy (non-hydrogen) atoms. The normalized spacial score (nSPS) is 35.6. The summed E-state index contributed by atoms with van der Waals surface area (Å²) in [5.74, 6) is 2.78. The SMILES string of the molecule is CN1CCC(C2CCCCC2CN)CC1. The number of likely N-dealkylation sites (tertiary alicyclic amines) is 1. The van der Waals surface area contributed by atoms with Crippen LogP contribution in [0, 0.1) is 17.8 Å². The Bertz CT molecular complexity index is 185. The van der Waals surface area contributed by atoms with Crippen LogP contribution in [-0.2, 0) is 0 Å². The quantitative estimate of drug-likeness (QED) is 0.756. The second-order valence-electron chi connectivity index (χ2n) is 5.58. The van der Waals surface area contributed by atoms with Crippen molar-refractivity contribution in [1.82, 2.24) is 4.90 Å². The fraction of sp³-hybridized carbons (Fsp3) is 1.00. The maximum atomic E-state index is 5.92. The first-order valence-electron chi connectivity index (χ1n) is 6.70. The Balaban J connectivity index is 1.90. The molecule has 0 spiro atoms. The predicted octanol–water partition coefficient (Wildman–Crippen LogP) is 2.09. The van der Waals surface area contributed by atoms with E-state index < -0.39 is 0 Å². The van der Waals surface area contributed by atoms with Crippen LogP contribution in [0.1, 0.15) is 38.5 Å². The van der Waals surface area contributed by atoms with Crippen molar-refractivity contribution in [3.63, 3.8) is 0 Å². The van der Waals surface area contributed by atoms with Gasteiger partial charge < -0.3 is 10.6 Å². The van der Waals surface area contributed by atoms with Crippen molar-refractivity contribution in [2.45, 2.75) is 38.5 Å². The first-order chi connectivity index (χ1) is 7.31. The summed E-state index contributed by atoms with van der Waals surface area (Å²) in [5.41, 5.74) is 5.92. The molecule has 88 valence electrons. The molecule has 0 aromatic carbocycles. The van der Waals surface area contributed by atoms with Gasteiger partial charge in [0.25, 0.3) is 0 Å². The summed E-state index contributed by atoms with van der Waals surface area (Å²) in [6.45, 7) is 3.54. The van der Waals surface area contributed by atoms with E-state index in [0.717, 1.165) is 24.3 Å². The summed E-state index contributed by atoms with van der Waals surface area (Å²) in [5, 5.41) is 0. The summed E-state index contributed by atoms with van der Waals surface area (Å²) >= 11 is 0. The number of nitrogens with two attached hydrogens (primary N) is 1. The fourth-order valence-electron chi connectivity index (χ4n) is 3.61. The van der Waals surface area contributed by atoms with E-state index in [4.69, 9.17) is 5.73 Å². The molecule has 2 nitrogen and oxygen atoms in total. The monoisotopic (exact) mass is 210 g/mol. The summed E-state index contributed by atoms with van der Waals surface area (Å²) in [4.78, 5) is 2.47.